The molecule has 0 bridgehead atoms. The minimum atomic E-state index is -0.132. The molecule has 0 saturated heterocycles. The molecule has 3 aromatic carbocycles. The van der Waals surface area contributed by atoms with E-state index in [4.69, 9.17) is 27.9 Å². The molecule has 0 aromatic heterocycles. The molecule has 0 aliphatic heterocycles. The van der Waals surface area contributed by atoms with Crippen LogP contribution in [0.25, 0.3) is 0 Å². The number of carbonyl (C=O) groups is 1. The first kappa shape index (κ1) is 22.2. The number of nitrogens with one attached hydrogen (secondary N) is 1. The predicted octanol–water partition coefficient (Wildman–Crippen LogP) is 6.20. The van der Waals surface area contributed by atoms with E-state index in [-0.39, 0.29) is 5.91 Å². The average molecular weight is 459 g/mol. The van der Waals surface area contributed by atoms with Gasteiger partial charge in [-0.25, -0.2) is 5.43 Å². The van der Waals surface area contributed by atoms with Crippen molar-refractivity contribution in [1.82, 2.24) is 5.43 Å². The van der Waals surface area contributed by atoms with Crippen molar-refractivity contribution in [3.63, 3.8) is 0 Å². The summed E-state index contributed by atoms with van der Waals surface area (Å²) in [5.74, 6) is 1.27. The first-order valence-electron chi connectivity index (χ1n) is 9.27. The van der Waals surface area contributed by atoms with Gasteiger partial charge in [0, 0.05) is 32.7 Å². The summed E-state index contributed by atoms with van der Waals surface area (Å²) in [5, 5.41) is 5.39. The first-order valence-corrected chi connectivity index (χ1v) is 11.0. The molecule has 3 rings (SSSR count). The second kappa shape index (κ2) is 11.6. The van der Waals surface area contributed by atoms with Crippen molar-refractivity contribution >= 4 is 47.1 Å². The van der Waals surface area contributed by atoms with Crippen LogP contribution >= 0.6 is 35.0 Å². The highest BCUT2D eigenvalue weighted by Crippen LogP contribution is 2.21. The molecule has 154 valence electrons. The zero-order valence-corrected chi connectivity index (χ0v) is 18.4. The number of carbonyl (C=O) groups excluding carboxylic acids is 1. The molecule has 0 aliphatic rings. The maximum Gasteiger partial charge on any atom is 0.240 e. The predicted molar refractivity (Wildman–Crippen MR) is 125 cm³/mol. The highest BCUT2D eigenvalue weighted by atomic mass is 35.5. The fourth-order valence-electron chi connectivity index (χ4n) is 2.45. The standard InChI is InChI=1S/C23H20Cl2N2O2S/c24-19-7-11-21(12-8-19)30-14-13-23(28)27-26-15-17-5-9-20(10-6-17)29-16-18-3-1-2-4-22(18)25/h1-12,15H,13-14,16H2,(H,27,28)/b26-15+. The Morgan fingerprint density at radius 3 is 2.47 bits per heavy atom. The van der Waals surface area contributed by atoms with E-state index in [1.54, 1.807) is 18.0 Å². The second-order valence-electron chi connectivity index (χ2n) is 6.29. The maximum atomic E-state index is 11.9. The van der Waals surface area contributed by atoms with Crippen LogP contribution < -0.4 is 10.2 Å². The van der Waals surface area contributed by atoms with Gasteiger partial charge >= 0.3 is 0 Å². The number of thioether (sulfide) groups is 1. The molecule has 30 heavy (non-hydrogen) atoms. The summed E-state index contributed by atoms with van der Waals surface area (Å²) in [4.78, 5) is 13.0. The van der Waals surface area contributed by atoms with Gasteiger partial charge in [0.1, 0.15) is 12.4 Å². The van der Waals surface area contributed by atoms with Crippen LogP contribution in [0.4, 0.5) is 0 Å². The molecule has 3 aromatic rings. The monoisotopic (exact) mass is 458 g/mol. The van der Waals surface area contributed by atoms with Crippen molar-refractivity contribution in [1.29, 1.82) is 0 Å². The Labute approximate surface area is 190 Å². The quantitative estimate of drug-likeness (QED) is 0.235. The molecule has 0 atom stereocenters. The molecule has 1 N–H and O–H groups in total. The minimum Gasteiger partial charge on any atom is -0.489 e. The van der Waals surface area contributed by atoms with Crippen LogP contribution in [0.3, 0.4) is 0 Å². The SMILES string of the molecule is O=C(CCSc1ccc(Cl)cc1)N/N=C/c1ccc(OCc2ccccc2Cl)cc1. The van der Waals surface area contributed by atoms with E-state index in [9.17, 15) is 4.79 Å². The van der Waals surface area contributed by atoms with Crippen molar-refractivity contribution in [3.05, 3.63) is 94.0 Å². The number of hydrogen-bond acceptors (Lipinski definition) is 4. The highest BCUT2D eigenvalue weighted by molar-refractivity contribution is 7.99. The fraction of sp³-hybridized carbons (Fsp3) is 0.130. The van der Waals surface area contributed by atoms with E-state index < -0.39 is 0 Å². The third-order valence-electron chi connectivity index (χ3n) is 4.05. The highest BCUT2D eigenvalue weighted by Gasteiger charge is 2.02. The second-order valence-corrected chi connectivity index (χ2v) is 8.31. The largest absolute Gasteiger partial charge is 0.489 e. The maximum absolute atomic E-state index is 11.9. The summed E-state index contributed by atoms with van der Waals surface area (Å²) in [6.07, 6.45) is 1.97. The van der Waals surface area contributed by atoms with Crippen LogP contribution in [-0.4, -0.2) is 17.9 Å². The molecular formula is C23H20Cl2N2O2S. The molecule has 0 saturated carbocycles. The van der Waals surface area contributed by atoms with Crippen LogP contribution in [0, 0.1) is 0 Å². The summed E-state index contributed by atoms with van der Waals surface area (Å²) in [7, 11) is 0. The van der Waals surface area contributed by atoms with Crippen molar-refractivity contribution in [2.45, 2.75) is 17.9 Å². The average Bonchev–Trinajstić information content (AvgIpc) is 2.75. The van der Waals surface area contributed by atoms with Gasteiger partial charge in [0.2, 0.25) is 5.91 Å². The molecule has 0 unspecified atom stereocenters. The zero-order chi connectivity index (χ0) is 21.2. The van der Waals surface area contributed by atoms with Crippen LogP contribution in [0.15, 0.2) is 82.8 Å². The van der Waals surface area contributed by atoms with Gasteiger partial charge in [-0.1, -0.05) is 41.4 Å². The van der Waals surface area contributed by atoms with Crippen molar-refractivity contribution in [3.8, 4) is 5.75 Å². The first-order chi connectivity index (χ1) is 14.6. The minimum absolute atomic E-state index is 0.132. The van der Waals surface area contributed by atoms with Gasteiger partial charge in [-0.2, -0.15) is 5.10 Å². The van der Waals surface area contributed by atoms with Gasteiger partial charge in [-0.05, 0) is 60.2 Å². The van der Waals surface area contributed by atoms with Crippen molar-refractivity contribution < 1.29 is 9.53 Å². The summed E-state index contributed by atoms with van der Waals surface area (Å²) < 4.78 is 5.75. The Morgan fingerprint density at radius 1 is 1.00 bits per heavy atom. The third-order valence-corrected chi connectivity index (χ3v) is 5.68. The molecule has 1 amide bonds. The van der Waals surface area contributed by atoms with E-state index in [0.717, 1.165) is 21.8 Å². The van der Waals surface area contributed by atoms with Gasteiger partial charge in [-0.3, -0.25) is 4.79 Å². The Bertz CT molecular complexity index is 993. The fourth-order valence-corrected chi connectivity index (χ4v) is 3.62. The van der Waals surface area contributed by atoms with E-state index >= 15 is 0 Å². The lowest BCUT2D eigenvalue weighted by atomic mass is 10.2. The molecule has 0 fully saturated rings. The summed E-state index contributed by atoms with van der Waals surface area (Å²) in [5.41, 5.74) is 4.33. The smallest absolute Gasteiger partial charge is 0.240 e. The lowest BCUT2D eigenvalue weighted by Gasteiger charge is -2.07. The number of hydrogen-bond donors (Lipinski definition) is 1. The van der Waals surface area contributed by atoms with Crippen LogP contribution in [0.5, 0.6) is 5.75 Å². The normalized spacial score (nSPS) is 10.9. The topological polar surface area (TPSA) is 50.7 Å². The van der Waals surface area contributed by atoms with Crippen LogP contribution in [0.1, 0.15) is 17.5 Å². The molecular weight excluding hydrogens is 439 g/mol. The molecule has 0 spiro atoms. The molecule has 4 nitrogen and oxygen atoms in total. The van der Waals surface area contributed by atoms with Crippen LogP contribution in [-0.2, 0) is 11.4 Å². The number of benzene rings is 3. The number of rotatable bonds is 9. The lowest BCUT2D eigenvalue weighted by molar-refractivity contribution is -0.120. The summed E-state index contributed by atoms with van der Waals surface area (Å²) in [6, 6.07) is 22.6. The van der Waals surface area contributed by atoms with E-state index in [0.29, 0.717) is 28.8 Å². The van der Waals surface area contributed by atoms with E-state index in [1.807, 2.05) is 72.8 Å². The lowest BCUT2D eigenvalue weighted by Crippen LogP contribution is -2.17. The molecule has 0 heterocycles. The van der Waals surface area contributed by atoms with Gasteiger partial charge < -0.3 is 4.74 Å². The van der Waals surface area contributed by atoms with Crippen molar-refractivity contribution in [2.75, 3.05) is 5.75 Å². The number of ether oxygens (including phenoxy) is 1. The number of nitrogens with zero attached hydrogens (tertiary/aromatic N) is 1. The van der Waals surface area contributed by atoms with Gasteiger partial charge in [-0.15, -0.1) is 11.8 Å². The number of amides is 1. The Kier molecular flexibility index (Phi) is 8.63. The zero-order valence-electron chi connectivity index (χ0n) is 16.1. The van der Waals surface area contributed by atoms with E-state index in [2.05, 4.69) is 10.5 Å². The Balaban J connectivity index is 1.38. The molecule has 0 aliphatic carbocycles. The Morgan fingerprint density at radius 2 is 1.73 bits per heavy atom. The number of hydrazone groups is 1. The van der Waals surface area contributed by atoms with Gasteiger partial charge in [0.05, 0.1) is 6.21 Å². The van der Waals surface area contributed by atoms with Gasteiger partial charge in [0.15, 0.2) is 0 Å². The van der Waals surface area contributed by atoms with Crippen LogP contribution in [0.2, 0.25) is 10.0 Å². The molecule has 7 heteroatoms. The van der Waals surface area contributed by atoms with E-state index in [1.165, 1.54) is 0 Å². The van der Waals surface area contributed by atoms with Crippen molar-refractivity contribution in [2.24, 2.45) is 5.10 Å². The van der Waals surface area contributed by atoms with Gasteiger partial charge in [0.25, 0.3) is 0 Å². The third kappa shape index (κ3) is 7.41. The summed E-state index contributed by atoms with van der Waals surface area (Å²) >= 11 is 13.6. The molecule has 0 radical (unpaired) electrons. The Hall–Kier alpha value is -2.47. The summed E-state index contributed by atoms with van der Waals surface area (Å²) in [6.45, 7) is 0.400. The number of halogens is 2.